The second-order valence-corrected chi connectivity index (χ2v) is 10.0. The van der Waals surface area contributed by atoms with Crippen LogP contribution in [0.2, 0.25) is 0 Å². The fraction of sp³-hybridized carbons (Fsp3) is 0.769. The summed E-state index contributed by atoms with van der Waals surface area (Å²) in [4.78, 5) is 0. The molecule has 0 radical (unpaired) electrons. The van der Waals surface area contributed by atoms with E-state index in [-0.39, 0.29) is 5.82 Å². The summed E-state index contributed by atoms with van der Waals surface area (Å²) in [6.07, 6.45) is 16.8. The van der Waals surface area contributed by atoms with Crippen LogP contribution in [0.5, 0.6) is 0 Å². The van der Waals surface area contributed by atoms with Crippen molar-refractivity contribution < 1.29 is 4.39 Å². The molecule has 3 aliphatic rings. The quantitative estimate of drug-likeness (QED) is 0.495. The monoisotopic (exact) mass is 370 g/mol. The predicted molar refractivity (Wildman–Crippen MR) is 113 cm³/mol. The van der Waals surface area contributed by atoms with Crippen molar-refractivity contribution in [1.29, 1.82) is 0 Å². The van der Waals surface area contributed by atoms with Gasteiger partial charge in [0, 0.05) is 0 Å². The standard InChI is InChI=1S/C26H39F/c1-3-5-6-19-8-10-23-16-24(17-26(27)25(23)14-19)22-12-11-20-13-18(4-2)7-9-21(20)15-22/h16-22H,3-15H2,1-2H3. The van der Waals surface area contributed by atoms with Crippen molar-refractivity contribution in [2.75, 3.05) is 0 Å². The van der Waals surface area contributed by atoms with Crippen LogP contribution in [-0.4, -0.2) is 0 Å². The summed E-state index contributed by atoms with van der Waals surface area (Å²) in [5, 5.41) is 0. The number of rotatable bonds is 5. The van der Waals surface area contributed by atoms with Gasteiger partial charge in [0.05, 0.1) is 0 Å². The molecule has 2 saturated carbocycles. The van der Waals surface area contributed by atoms with Crippen molar-refractivity contribution in [2.24, 2.45) is 23.7 Å². The van der Waals surface area contributed by atoms with Gasteiger partial charge in [-0.15, -0.1) is 0 Å². The summed E-state index contributed by atoms with van der Waals surface area (Å²) < 4.78 is 15.0. The molecular weight excluding hydrogens is 331 g/mol. The Bertz CT molecular complexity index is 633. The van der Waals surface area contributed by atoms with E-state index in [0.717, 1.165) is 36.2 Å². The highest BCUT2D eigenvalue weighted by Gasteiger charge is 2.36. The van der Waals surface area contributed by atoms with Gasteiger partial charge in [-0.2, -0.15) is 0 Å². The molecule has 0 aromatic heterocycles. The topological polar surface area (TPSA) is 0 Å². The summed E-state index contributed by atoms with van der Waals surface area (Å²) in [5.41, 5.74) is 3.73. The molecule has 0 spiro atoms. The number of unbranched alkanes of at least 4 members (excludes halogenated alkanes) is 1. The zero-order chi connectivity index (χ0) is 18.8. The maximum Gasteiger partial charge on any atom is 0.126 e. The summed E-state index contributed by atoms with van der Waals surface area (Å²) in [5.74, 6) is 4.28. The van der Waals surface area contributed by atoms with Crippen molar-refractivity contribution in [3.63, 3.8) is 0 Å². The van der Waals surface area contributed by atoms with Gasteiger partial charge in [0.15, 0.2) is 0 Å². The van der Waals surface area contributed by atoms with Crippen LogP contribution in [0.25, 0.3) is 0 Å². The summed E-state index contributed by atoms with van der Waals surface area (Å²) in [6, 6.07) is 4.35. The zero-order valence-corrected chi connectivity index (χ0v) is 17.6. The molecule has 3 aliphatic carbocycles. The molecule has 0 nitrogen and oxygen atoms in total. The minimum atomic E-state index is 0.112. The fourth-order valence-electron chi connectivity index (χ4n) is 6.55. The molecule has 1 heteroatoms. The van der Waals surface area contributed by atoms with Gasteiger partial charge >= 0.3 is 0 Å². The molecule has 5 atom stereocenters. The highest BCUT2D eigenvalue weighted by atomic mass is 19.1. The van der Waals surface area contributed by atoms with Crippen molar-refractivity contribution in [3.05, 3.63) is 34.6 Å². The highest BCUT2D eigenvalue weighted by Crippen LogP contribution is 2.48. The van der Waals surface area contributed by atoms with Crippen molar-refractivity contribution in [2.45, 2.75) is 103 Å². The Kier molecular flexibility index (Phi) is 6.25. The number of hydrogen-bond donors (Lipinski definition) is 0. The van der Waals surface area contributed by atoms with Crippen LogP contribution in [0, 0.1) is 29.5 Å². The zero-order valence-electron chi connectivity index (χ0n) is 17.6. The Morgan fingerprint density at radius 1 is 0.926 bits per heavy atom. The lowest BCUT2D eigenvalue weighted by molar-refractivity contribution is 0.116. The van der Waals surface area contributed by atoms with Crippen LogP contribution in [0.1, 0.15) is 107 Å². The van der Waals surface area contributed by atoms with E-state index < -0.39 is 0 Å². The Hall–Kier alpha value is -0.850. The lowest BCUT2D eigenvalue weighted by atomic mass is 9.63. The first-order valence-corrected chi connectivity index (χ1v) is 12.0. The van der Waals surface area contributed by atoms with E-state index in [0.29, 0.717) is 11.8 Å². The second-order valence-electron chi connectivity index (χ2n) is 10.0. The van der Waals surface area contributed by atoms with Crippen LogP contribution >= 0.6 is 0 Å². The molecule has 0 N–H and O–H groups in total. The van der Waals surface area contributed by atoms with E-state index in [1.807, 2.05) is 6.07 Å². The fourth-order valence-corrected chi connectivity index (χ4v) is 6.55. The SMILES string of the molecule is CCCCC1CCc2cc(C3CCC4CC(CC)CCC4C3)cc(F)c2C1. The molecule has 0 aliphatic heterocycles. The van der Waals surface area contributed by atoms with Gasteiger partial charge < -0.3 is 0 Å². The molecule has 4 rings (SSSR count). The third-order valence-corrected chi connectivity index (χ3v) is 8.36. The first-order chi connectivity index (χ1) is 13.2. The Balaban J connectivity index is 1.44. The molecule has 5 unspecified atom stereocenters. The third-order valence-electron chi connectivity index (χ3n) is 8.36. The Labute approximate surface area is 166 Å². The van der Waals surface area contributed by atoms with E-state index in [4.69, 9.17) is 0 Å². The van der Waals surface area contributed by atoms with Gasteiger partial charge in [-0.25, -0.2) is 4.39 Å². The van der Waals surface area contributed by atoms with Crippen molar-refractivity contribution in [1.82, 2.24) is 0 Å². The highest BCUT2D eigenvalue weighted by molar-refractivity contribution is 5.37. The molecule has 27 heavy (non-hydrogen) atoms. The summed E-state index contributed by atoms with van der Waals surface area (Å²) >= 11 is 0. The van der Waals surface area contributed by atoms with Gasteiger partial charge in [-0.05, 0) is 104 Å². The smallest absolute Gasteiger partial charge is 0.126 e. The number of benzene rings is 1. The van der Waals surface area contributed by atoms with Gasteiger partial charge in [0.2, 0.25) is 0 Å². The van der Waals surface area contributed by atoms with Crippen LogP contribution in [0.4, 0.5) is 4.39 Å². The largest absolute Gasteiger partial charge is 0.207 e. The van der Waals surface area contributed by atoms with Crippen molar-refractivity contribution >= 4 is 0 Å². The van der Waals surface area contributed by atoms with Gasteiger partial charge in [-0.3, -0.25) is 0 Å². The maximum atomic E-state index is 15.0. The number of hydrogen-bond acceptors (Lipinski definition) is 0. The molecule has 0 saturated heterocycles. The Morgan fingerprint density at radius 2 is 1.74 bits per heavy atom. The average molecular weight is 371 g/mol. The molecule has 0 bridgehead atoms. The molecule has 2 fully saturated rings. The molecule has 0 amide bonds. The molecule has 1 aromatic carbocycles. The minimum Gasteiger partial charge on any atom is -0.207 e. The van der Waals surface area contributed by atoms with E-state index in [2.05, 4.69) is 19.9 Å². The van der Waals surface area contributed by atoms with Crippen LogP contribution < -0.4 is 0 Å². The van der Waals surface area contributed by atoms with E-state index in [1.165, 1.54) is 81.8 Å². The second kappa shape index (κ2) is 8.66. The molecule has 0 heterocycles. The van der Waals surface area contributed by atoms with E-state index in [1.54, 1.807) is 0 Å². The Morgan fingerprint density at radius 3 is 2.56 bits per heavy atom. The van der Waals surface area contributed by atoms with E-state index >= 15 is 4.39 Å². The average Bonchev–Trinajstić information content (AvgIpc) is 2.71. The van der Waals surface area contributed by atoms with Crippen LogP contribution in [0.3, 0.4) is 0 Å². The molecular formula is C26H39F. The number of fused-ring (bicyclic) bond motifs is 2. The lowest BCUT2D eigenvalue weighted by Gasteiger charge is -2.42. The molecule has 150 valence electrons. The third kappa shape index (κ3) is 4.28. The number of halogens is 1. The minimum absolute atomic E-state index is 0.112. The lowest BCUT2D eigenvalue weighted by Crippen LogP contribution is -2.30. The number of aryl methyl sites for hydroxylation is 1. The first-order valence-electron chi connectivity index (χ1n) is 12.0. The van der Waals surface area contributed by atoms with Crippen LogP contribution in [0.15, 0.2) is 12.1 Å². The van der Waals surface area contributed by atoms with Gasteiger partial charge in [0.25, 0.3) is 0 Å². The van der Waals surface area contributed by atoms with Crippen LogP contribution in [-0.2, 0) is 12.8 Å². The van der Waals surface area contributed by atoms with Crippen molar-refractivity contribution in [3.8, 4) is 0 Å². The summed E-state index contributed by atoms with van der Waals surface area (Å²) in [7, 11) is 0. The first kappa shape index (κ1) is 19.5. The maximum absolute atomic E-state index is 15.0. The van der Waals surface area contributed by atoms with E-state index in [9.17, 15) is 0 Å². The van der Waals surface area contributed by atoms with Gasteiger partial charge in [-0.1, -0.05) is 52.0 Å². The normalized spacial score (nSPS) is 33.4. The predicted octanol–water partition coefficient (Wildman–Crippen LogP) is 7.83. The molecule has 1 aromatic rings. The summed E-state index contributed by atoms with van der Waals surface area (Å²) in [6.45, 7) is 4.62. The van der Waals surface area contributed by atoms with Gasteiger partial charge in [0.1, 0.15) is 5.82 Å².